The van der Waals surface area contributed by atoms with E-state index in [-0.39, 0.29) is 6.04 Å². The van der Waals surface area contributed by atoms with Crippen molar-refractivity contribution in [3.05, 3.63) is 35.4 Å². The fourth-order valence-electron chi connectivity index (χ4n) is 1.94. The van der Waals surface area contributed by atoms with Crippen LogP contribution in [-0.4, -0.2) is 17.6 Å². The molecular formula is C11H11F2NO2. The van der Waals surface area contributed by atoms with Crippen molar-refractivity contribution in [2.45, 2.75) is 12.5 Å². The van der Waals surface area contributed by atoms with Crippen LogP contribution in [0.2, 0.25) is 0 Å². The Hall–Kier alpha value is -1.49. The first-order valence-corrected chi connectivity index (χ1v) is 4.99. The van der Waals surface area contributed by atoms with E-state index in [9.17, 15) is 13.6 Å². The highest BCUT2D eigenvalue weighted by Gasteiger charge is 2.31. The van der Waals surface area contributed by atoms with Gasteiger partial charge >= 0.3 is 5.97 Å². The summed E-state index contributed by atoms with van der Waals surface area (Å²) in [6, 6.07) is 2.99. The monoisotopic (exact) mass is 227 g/mol. The number of halogens is 2. The lowest BCUT2D eigenvalue weighted by atomic mass is 10.00. The molecule has 1 aromatic rings. The third-order valence-electron chi connectivity index (χ3n) is 2.82. The van der Waals surface area contributed by atoms with Crippen molar-refractivity contribution in [3.63, 3.8) is 0 Å². The lowest BCUT2D eigenvalue weighted by molar-refractivity contribution is -0.141. The third-order valence-corrected chi connectivity index (χ3v) is 2.82. The number of carbonyl (C=O) groups is 1. The minimum atomic E-state index is -0.891. The van der Waals surface area contributed by atoms with Crippen LogP contribution in [0.4, 0.5) is 8.78 Å². The standard InChI is InChI=1S/C11H11F2NO2/c12-7-1-2-8(9(13)4-7)10-3-6(5-14-10)11(15)16/h1-2,4,6,10,14H,3,5H2,(H,15,16). The average molecular weight is 227 g/mol. The topological polar surface area (TPSA) is 49.3 Å². The van der Waals surface area contributed by atoms with Crippen molar-refractivity contribution < 1.29 is 18.7 Å². The van der Waals surface area contributed by atoms with Crippen LogP contribution in [-0.2, 0) is 4.79 Å². The van der Waals surface area contributed by atoms with Crippen molar-refractivity contribution >= 4 is 5.97 Å². The quantitative estimate of drug-likeness (QED) is 0.808. The molecule has 0 amide bonds. The molecule has 0 aromatic heterocycles. The Labute approximate surface area is 91.1 Å². The Morgan fingerprint density at radius 3 is 2.75 bits per heavy atom. The predicted octanol–water partition coefficient (Wildman–Crippen LogP) is 1.70. The summed E-state index contributed by atoms with van der Waals surface area (Å²) in [7, 11) is 0. The van der Waals surface area contributed by atoms with Gasteiger partial charge in [0.1, 0.15) is 11.6 Å². The molecule has 5 heteroatoms. The minimum Gasteiger partial charge on any atom is -0.481 e. The van der Waals surface area contributed by atoms with E-state index in [1.54, 1.807) is 0 Å². The molecule has 1 fully saturated rings. The Morgan fingerprint density at radius 2 is 2.19 bits per heavy atom. The van der Waals surface area contributed by atoms with E-state index in [0.717, 1.165) is 6.07 Å². The molecule has 3 nitrogen and oxygen atoms in total. The van der Waals surface area contributed by atoms with Crippen LogP contribution in [0.15, 0.2) is 18.2 Å². The summed E-state index contributed by atoms with van der Waals surface area (Å²) in [6.07, 6.45) is 0.331. The molecule has 0 radical (unpaired) electrons. The predicted molar refractivity (Wildman–Crippen MR) is 52.8 cm³/mol. The normalized spacial score (nSPS) is 24.6. The molecule has 2 unspecified atom stereocenters. The van der Waals surface area contributed by atoms with Crippen LogP contribution in [0.25, 0.3) is 0 Å². The van der Waals surface area contributed by atoms with Gasteiger partial charge in [-0.2, -0.15) is 0 Å². The van der Waals surface area contributed by atoms with Crippen LogP contribution in [0, 0.1) is 17.6 Å². The van der Waals surface area contributed by atoms with E-state index in [1.165, 1.54) is 12.1 Å². The molecule has 1 aromatic carbocycles. The minimum absolute atomic E-state index is 0.316. The molecule has 86 valence electrons. The lowest BCUT2D eigenvalue weighted by Crippen LogP contribution is -2.17. The zero-order valence-electron chi connectivity index (χ0n) is 8.41. The summed E-state index contributed by atoms with van der Waals surface area (Å²) in [5.41, 5.74) is 0.324. The van der Waals surface area contributed by atoms with E-state index in [2.05, 4.69) is 5.32 Å². The molecule has 0 bridgehead atoms. The highest BCUT2D eigenvalue weighted by molar-refractivity contribution is 5.70. The molecule has 2 atom stereocenters. The van der Waals surface area contributed by atoms with E-state index < -0.39 is 23.5 Å². The van der Waals surface area contributed by atoms with Gasteiger partial charge < -0.3 is 10.4 Å². The van der Waals surface area contributed by atoms with Gasteiger partial charge in [0.25, 0.3) is 0 Å². The van der Waals surface area contributed by atoms with Gasteiger partial charge in [-0.1, -0.05) is 6.07 Å². The zero-order valence-corrected chi connectivity index (χ0v) is 8.41. The molecule has 2 N–H and O–H groups in total. The molecule has 1 aliphatic rings. The van der Waals surface area contributed by atoms with Gasteiger partial charge in [0, 0.05) is 24.2 Å². The van der Waals surface area contributed by atoms with Gasteiger partial charge in [0.15, 0.2) is 0 Å². The molecule has 0 saturated carbocycles. The SMILES string of the molecule is O=C(O)C1CNC(c2ccc(F)cc2F)C1. The van der Waals surface area contributed by atoms with Gasteiger partial charge in [-0.15, -0.1) is 0 Å². The summed E-state index contributed by atoms with van der Waals surface area (Å²) in [4.78, 5) is 10.7. The molecular weight excluding hydrogens is 216 g/mol. The van der Waals surface area contributed by atoms with Crippen molar-refractivity contribution in [1.29, 1.82) is 0 Å². The second kappa shape index (κ2) is 4.17. The number of hydrogen-bond donors (Lipinski definition) is 2. The lowest BCUT2D eigenvalue weighted by Gasteiger charge is -2.11. The molecule has 1 aliphatic heterocycles. The summed E-state index contributed by atoms with van der Waals surface area (Å²) in [6.45, 7) is 0.316. The maximum atomic E-state index is 13.4. The Kier molecular flexibility index (Phi) is 2.87. The molecule has 0 spiro atoms. The first-order valence-electron chi connectivity index (χ1n) is 4.99. The van der Waals surface area contributed by atoms with E-state index in [4.69, 9.17) is 5.11 Å². The van der Waals surface area contributed by atoms with Crippen molar-refractivity contribution in [2.75, 3.05) is 6.54 Å². The average Bonchev–Trinajstić information content (AvgIpc) is 2.66. The molecule has 16 heavy (non-hydrogen) atoms. The first-order chi connectivity index (χ1) is 7.58. The first kappa shape index (κ1) is 11.0. The van der Waals surface area contributed by atoms with Crippen LogP contribution in [0.5, 0.6) is 0 Å². The largest absolute Gasteiger partial charge is 0.481 e. The maximum Gasteiger partial charge on any atom is 0.307 e. The highest BCUT2D eigenvalue weighted by Crippen LogP contribution is 2.29. The third kappa shape index (κ3) is 2.04. The second-order valence-corrected chi connectivity index (χ2v) is 3.90. The van der Waals surface area contributed by atoms with E-state index in [0.29, 0.717) is 18.5 Å². The fourth-order valence-corrected chi connectivity index (χ4v) is 1.94. The number of carboxylic acid groups (broad SMARTS) is 1. The zero-order chi connectivity index (χ0) is 11.7. The maximum absolute atomic E-state index is 13.4. The van der Waals surface area contributed by atoms with Crippen molar-refractivity contribution in [1.82, 2.24) is 5.32 Å². The van der Waals surface area contributed by atoms with Gasteiger partial charge in [-0.25, -0.2) is 8.78 Å². The molecule has 2 rings (SSSR count). The van der Waals surface area contributed by atoms with Gasteiger partial charge in [0.05, 0.1) is 5.92 Å². The number of carboxylic acids is 1. The number of benzene rings is 1. The number of rotatable bonds is 2. The van der Waals surface area contributed by atoms with Crippen molar-refractivity contribution in [2.24, 2.45) is 5.92 Å². The van der Waals surface area contributed by atoms with Gasteiger partial charge in [0.2, 0.25) is 0 Å². The Balaban J connectivity index is 2.17. The molecule has 0 aliphatic carbocycles. The Bertz CT molecular complexity index is 422. The van der Waals surface area contributed by atoms with Gasteiger partial charge in [-0.05, 0) is 12.5 Å². The highest BCUT2D eigenvalue weighted by atomic mass is 19.1. The van der Waals surface area contributed by atoms with E-state index in [1.807, 2.05) is 0 Å². The second-order valence-electron chi connectivity index (χ2n) is 3.90. The smallest absolute Gasteiger partial charge is 0.307 e. The van der Waals surface area contributed by atoms with E-state index >= 15 is 0 Å². The number of nitrogens with one attached hydrogen (secondary N) is 1. The summed E-state index contributed by atoms with van der Waals surface area (Å²) >= 11 is 0. The summed E-state index contributed by atoms with van der Waals surface area (Å²) < 4.78 is 26.1. The number of aliphatic carboxylic acids is 1. The van der Waals surface area contributed by atoms with Crippen LogP contribution in [0.3, 0.4) is 0 Å². The molecule has 1 heterocycles. The Morgan fingerprint density at radius 1 is 1.44 bits per heavy atom. The van der Waals surface area contributed by atoms with Crippen LogP contribution >= 0.6 is 0 Å². The van der Waals surface area contributed by atoms with Crippen molar-refractivity contribution in [3.8, 4) is 0 Å². The van der Waals surface area contributed by atoms with Crippen LogP contribution in [0.1, 0.15) is 18.0 Å². The van der Waals surface area contributed by atoms with Crippen LogP contribution < -0.4 is 5.32 Å². The molecule has 1 saturated heterocycles. The summed E-state index contributed by atoms with van der Waals surface area (Å²) in [5, 5.41) is 11.7. The van der Waals surface area contributed by atoms with Gasteiger partial charge in [-0.3, -0.25) is 4.79 Å². The fraction of sp³-hybridized carbons (Fsp3) is 0.364. The number of hydrogen-bond acceptors (Lipinski definition) is 2. The summed E-state index contributed by atoms with van der Waals surface area (Å²) in [5.74, 6) is -2.66.